The van der Waals surface area contributed by atoms with Gasteiger partial charge in [0.1, 0.15) is 12.4 Å². The molecule has 0 saturated carbocycles. The van der Waals surface area contributed by atoms with Gasteiger partial charge in [0.2, 0.25) is 5.88 Å². The minimum atomic E-state index is -2.30. The van der Waals surface area contributed by atoms with Crippen LogP contribution in [-0.4, -0.2) is 28.0 Å². The zero-order chi connectivity index (χ0) is 11.3. The second-order valence-corrected chi connectivity index (χ2v) is 3.19. The lowest BCUT2D eigenvalue weighted by molar-refractivity contribution is 0.289. The molecule has 0 aliphatic rings. The molecule has 1 heterocycles. The number of aromatic nitrogens is 1. The quantitative estimate of drug-likeness (QED) is 0.756. The molecular formula is C8H11NO5S. The second kappa shape index (κ2) is 5.64. The predicted octanol–water partition coefficient (Wildman–Crippen LogP) is 0.752. The van der Waals surface area contributed by atoms with E-state index in [2.05, 4.69) is 9.17 Å². The van der Waals surface area contributed by atoms with E-state index in [1.54, 1.807) is 12.1 Å². The van der Waals surface area contributed by atoms with Crippen LogP contribution >= 0.6 is 0 Å². The topological polar surface area (TPSA) is 77.9 Å². The van der Waals surface area contributed by atoms with E-state index in [4.69, 9.17) is 14.0 Å². The van der Waals surface area contributed by atoms with Crippen LogP contribution in [0.1, 0.15) is 5.69 Å². The minimum absolute atomic E-state index is 0.0866. The van der Waals surface area contributed by atoms with Gasteiger partial charge in [0.05, 0.1) is 19.9 Å². The molecule has 0 aliphatic heterocycles. The molecule has 1 N–H and O–H groups in total. The lowest BCUT2D eigenvalue weighted by atomic mass is 10.3. The normalized spacial score (nSPS) is 12.2. The van der Waals surface area contributed by atoms with Gasteiger partial charge in [-0.1, -0.05) is 0 Å². The van der Waals surface area contributed by atoms with Crippen molar-refractivity contribution in [1.29, 1.82) is 0 Å². The fourth-order valence-electron chi connectivity index (χ4n) is 0.941. The van der Waals surface area contributed by atoms with Crippen molar-refractivity contribution in [2.45, 2.75) is 6.61 Å². The highest BCUT2D eigenvalue weighted by atomic mass is 32.2. The van der Waals surface area contributed by atoms with Gasteiger partial charge in [-0.2, -0.15) is 4.21 Å². The van der Waals surface area contributed by atoms with E-state index < -0.39 is 11.4 Å². The number of ether oxygens (including phenoxy) is 2. The SMILES string of the molecule is COc1cc(COS(=O)O)nc(OC)c1. The maximum Gasteiger partial charge on any atom is 0.302 e. The minimum Gasteiger partial charge on any atom is -0.496 e. The highest BCUT2D eigenvalue weighted by Crippen LogP contribution is 2.19. The van der Waals surface area contributed by atoms with Gasteiger partial charge >= 0.3 is 11.4 Å². The van der Waals surface area contributed by atoms with Crippen LogP contribution in [0.4, 0.5) is 0 Å². The molecule has 6 nitrogen and oxygen atoms in total. The van der Waals surface area contributed by atoms with Crippen molar-refractivity contribution in [2.75, 3.05) is 14.2 Å². The standard InChI is InChI=1S/C8H11NO5S/c1-12-7-3-6(5-14-15(10)11)9-8(4-7)13-2/h3-4H,5H2,1-2H3,(H,10,11). The number of methoxy groups -OCH3 is 2. The molecule has 0 radical (unpaired) electrons. The molecule has 0 amide bonds. The van der Waals surface area contributed by atoms with Gasteiger partial charge < -0.3 is 9.47 Å². The fourth-order valence-corrected chi connectivity index (χ4v) is 1.16. The molecule has 0 saturated heterocycles. The van der Waals surface area contributed by atoms with Crippen LogP contribution in [-0.2, 0) is 22.2 Å². The zero-order valence-corrected chi connectivity index (χ0v) is 9.11. The number of nitrogens with zero attached hydrogens (tertiary/aromatic N) is 1. The van der Waals surface area contributed by atoms with E-state index in [9.17, 15) is 4.21 Å². The summed E-state index contributed by atoms with van der Waals surface area (Å²) in [7, 11) is 2.97. The van der Waals surface area contributed by atoms with Gasteiger partial charge in [0.25, 0.3) is 0 Å². The average Bonchev–Trinajstić information content (AvgIpc) is 2.25. The highest BCUT2D eigenvalue weighted by molar-refractivity contribution is 7.74. The van der Waals surface area contributed by atoms with Crippen molar-refractivity contribution in [1.82, 2.24) is 4.98 Å². The van der Waals surface area contributed by atoms with Gasteiger partial charge in [-0.15, -0.1) is 0 Å². The van der Waals surface area contributed by atoms with Gasteiger partial charge in [-0.3, -0.25) is 8.74 Å². The first kappa shape index (κ1) is 11.9. The molecule has 1 aromatic heterocycles. The molecule has 0 aromatic carbocycles. The fraction of sp³-hybridized carbons (Fsp3) is 0.375. The van der Waals surface area contributed by atoms with Crippen LogP contribution in [0.3, 0.4) is 0 Å². The summed E-state index contributed by atoms with van der Waals surface area (Å²) in [6.45, 7) is -0.0866. The van der Waals surface area contributed by atoms with Crippen LogP contribution < -0.4 is 9.47 Å². The van der Waals surface area contributed by atoms with Crippen molar-refractivity contribution in [2.24, 2.45) is 0 Å². The first-order valence-electron chi connectivity index (χ1n) is 3.98. The molecule has 1 atom stereocenters. The summed E-state index contributed by atoms with van der Waals surface area (Å²) in [4.78, 5) is 4.00. The lowest BCUT2D eigenvalue weighted by Crippen LogP contribution is -2.00. The Balaban J connectivity index is 2.81. The van der Waals surface area contributed by atoms with Gasteiger partial charge in [0, 0.05) is 12.1 Å². The Bertz CT molecular complexity index is 335. The van der Waals surface area contributed by atoms with Crippen molar-refractivity contribution in [3.8, 4) is 11.6 Å². The average molecular weight is 233 g/mol. The summed E-state index contributed by atoms with van der Waals surface area (Å²) in [6.07, 6.45) is 0. The molecule has 7 heteroatoms. The molecule has 0 aliphatic carbocycles. The number of pyridine rings is 1. The molecule has 0 spiro atoms. The smallest absolute Gasteiger partial charge is 0.302 e. The molecule has 1 unspecified atom stereocenters. The lowest BCUT2D eigenvalue weighted by Gasteiger charge is -2.06. The van der Waals surface area contributed by atoms with Crippen molar-refractivity contribution >= 4 is 11.4 Å². The third kappa shape index (κ3) is 3.82. The van der Waals surface area contributed by atoms with Crippen LogP contribution in [0, 0.1) is 0 Å². The number of hydrogen-bond donors (Lipinski definition) is 1. The maximum absolute atomic E-state index is 10.3. The third-order valence-corrected chi connectivity index (χ3v) is 1.90. The maximum atomic E-state index is 10.3. The summed E-state index contributed by atoms with van der Waals surface area (Å²) in [5.74, 6) is 0.904. The second-order valence-electron chi connectivity index (χ2n) is 2.52. The Labute approximate surface area is 89.7 Å². The molecule has 1 rings (SSSR count). The Morgan fingerprint density at radius 2 is 2.13 bits per heavy atom. The summed E-state index contributed by atoms with van der Waals surface area (Å²) in [6, 6.07) is 3.19. The summed E-state index contributed by atoms with van der Waals surface area (Å²) < 4.78 is 33.1. The van der Waals surface area contributed by atoms with Crippen molar-refractivity contribution in [3.63, 3.8) is 0 Å². The number of hydrogen-bond acceptors (Lipinski definition) is 5. The first-order valence-corrected chi connectivity index (χ1v) is 5.02. The molecule has 1 aromatic rings. The Morgan fingerprint density at radius 1 is 1.40 bits per heavy atom. The van der Waals surface area contributed by atoms with Gasteiger partial charge in [-0.05, 0) is 0 Å². The summed E-state index contributed by atoms with van der Waals surface area (Å²) in [5.41, 5.74) is 0.452. The van der Waals surface area contributed by atoms with Crippen molar-refractivity contribution < 1.29 is 22.4 Å². The van der Waals surface area contributed by atoms with Gasteiger partial charge in [-0.25, -0.2) is 4.98 Å². The molecule has 84 valence electrons. The molecule has 0 fully saturated rings. The zero-order valence-electron chi connectivity index (χ0n) is 8.30. The van der Waals surface area contributed by atoms with Crippen LogP contribution in [0.5, 0.6) is 11.6 Å². The van der Waals surface area contributed by atoms with Gasteiger partial charge in [0.15, 0.2) is 0 Å². The van der Waals surface area contributed by atoms with E-state index in [-0.39, 0.29) is 6.61 Å². The highest BCUT2D eigenvalue weighted by Gasteiger charge is 2.05. The Hall–Kier alpha value is -1.18. The van der Waals surface area contributed by atoms with Crippen molar-refractivity contribution in [3.05, 3.63) is 17.8 Å². The predicted molar refractivity (Wildman–Crippen MR) is 52.9 cm³/mol. The molecule has 0 bridgehead atoms. The molecule has 15 heavy (non-hydrogen) atoms. The first-order chi connectivity index (χ1) is 7.15. The molecular weight excluding hydrogens is 222 g/mol. The number of rotatable bonds is 5. The monoisotopic (exact) mass is 233 g/mol. The van der Waals surface area contributed by atoms with E-state index in [0.717, 1.165) is 0 Å². The summed E-state index contributed by atoms with van der Waals surface area (Å²) in [5, 5.41) is 0. The largest absolute Gasteiger partial charge is 0.496 e. The van der Waals surface area contributed by atoms with Crippen LogP contribution in [0.25, 0.3) is 0 Å². The van der Waals surface area contributed by atoms with Crippen LogP contribution in [0.2, 0.25) is 0 Å². The third-order valence-electron chi connectivity index (χ3n) is 1.58. The van der Waals surface area contributed by atoms with E-state index in [0.29, 0.717) is 17.3 Å². The van der Waals surface area contributed by atoms with Crippen LogP contribution in [0.15, 0.2) is 12.1 Å². The van der Waals surface area contributed by atoms with E-state index in [1.807, 2.05) is 0 Å². The van der Waals surface area contributed by atoms with E-state index >= 15 is 0 Å². The van der Waals surface area contributed by atoms with E-state index in [1.165, 1.54) is 14.2 Å². The summed E-state index contributed by atoms with van der Waals surface area (Å²) >= 11 is -2.30. The Morgan fingerprint density at radius 3 is 2.67 bits per heavy atom. The Kier molecular flexibility index (Phi) is 4.47.